The fourth-order valence-corrected chi connectivity index (χ4v) is 1.48. The molecule has 0 radical (unpaired) electrons. The highest BCUT2D eigenvalue weighted by molar-refractivity contribution is 5.89. The number of rotatable bonds is 7. The Bertz CT molecular complexity index is 356. The van der Waals surface area contributed by atoms with Gasteiger partial charge in [-0.1, -0.05) is 0 Å². The molecule has 0 aromatic heterocycles. The van der Waals surface area contributed by atoms with Crippen LogP contribution >= 0.6 is 0 Å². The number of hydrogen-bond donors (Lipinski definition) is 3. The van der Waals surface area contributed by atoms with E-state index in [1.54, 1.807) is 6.92 Å². The fourth-order valence-electron chi connectivity index (χ4n) is 1.48. The molecule has 0 fully saturated rings. The second-order valence-electron chi connectivity index (χ2n) is 4.80. The maximum atomic E-state index is 11.6. The summed E-state index contributed by atoms with van der Waals surface area (Å²) in [5.41, 5.74) is -1.13. The van der Waals surface area contributed by atoms with E-state index in [0.717, 1.165) is 0 Å². The Balaban J connectivity index is 2.91. The highest BCUT2D eigenvalue weighted by Gasteiger charge is 2.42. The molecule has 0 amide bonds. The molecule has 1 aliphatic rings. The maximum Gasteiger partial charge on any atom is 0.378 e. The number of esters is 1. The van der Waals surface area contributed by atoms with Gasteiger partial charge >= 0.3 is 5.97 Å². The van der Waals surface area contributed by atoms with E-state index >= 15 is 0 Å². The van der Waals surface area contributed by atoms with Crippen molar-refractivity contribution in [3.8, 4) is 0 Å². The Morgan fingerprint density at radius 1 is 1.42 bits per heavy atom. The minimum absolute atomic E-state index is 0.0401. The van der Waals surface area contributed by atoms with Crippen LogP contribution in [0.4, 0.5) is 0 Å². The monoisotopic (exact) mass is 276 g/mol. The number of aliphatic hydroxyl groups excluding tert-OH is 2. The predicted molar refractivity (Wildman–Crippen MR) is 63.9 cm³/mol. The van der Waals surface area contributed by atoms with Crippen LogP contribution in [0.15, 0.2) is 11.5 Å². The molecule has 110 valence electrons. The summed E-state index contributed by atoms with van der Waals surface area (Å²) >= 11 is 0. The lowest BCUT2D eigenvalue weighted by Crippen LogP contribution is -2.32. The maximum absolute atomic E-state index is 11.6. The van der Waals surface area contributed by atoms with Gasteiger partial charge in [0.2, 0.25) is 5.76 Å². The fraction of sp³-hybridized carbons (Fsp3) is 0.750. The van der Waals surface area contributed by atoms with Crippen molar-refractivity contribution in [2.75, 3.05) is 19.8 Å². The lowest BCUT2D eigenvalue weighted by Gasteiger charge is -2.19. The van der Waals surface area contributed by atoms with Crippen LogP contribution in [0.3, 0.4) is 0 Å². The van der Waals surface area contributed by atoms with Gasteiger partial charge in [-0.25, -0.2) is 4.79 Å². The molecule has 0 bridgehead atoms. The molecular formula is C12H20O7. The number of ether oxygens (including phenoxy) is 3. The van der Waals surface area contributed by atoms with Gasteiger partial charge in [0.25, 0.3) is 0 Å². The predicted octanol–water partition coefficient (Wildman–Crippen LogP) is -0.699. The summed E-state index contributed by atoms with van der Waals surface area (Å²) in [5.74, 6) is -0.926. The number of cyclic esters (lactones) is 1. The summed E-state index contributed by atoms with van der Waals surface area (Å²) in [7, 11) is 0. The first-order valence-corrected chi connectivity index (χ1v) is 6.02. The van der Waals surface area contributed by atoms with E-state index in [2.05, 4.69) is 0 Å². The van der Waals surface area contributed by atoms with E-state index in [0.29, 0.717) is 0 Å². The molecule has 0 saturated carbocycles. The van der Waals surface area contributed by atoms with E-state index in [4.69, 9.17) is 19.3 Å². The van der Waals surface area contributed by atoms with Crippen LogP contribution in [0, 0.1) is 0 Å². The first-order valence-electron chi connectivity index (χ1n) is 6.02. The highest BCUT2D eigenvalue weighted by atomic mass is 16.6. The van der Waals surface area contributed by atoms with Gasteiger partial charge in [-0.05, 0) is 20.8 Å². The second kappa shape index (κ2) is 6.23. The van der Waals surface area contributed by atoms with Crippen LogP contribution in [-0.4, -0.2) is 58.9 Å². The SMILES string of the molecule is CCOC1=C(OCC(C)(C)O)C(=O)O[C@@H]1[C@@H](O)CO. The van der Waals surface area contributed by atoms with E-state index in [1.807, 2.05) is 0 Å². The van der Waals surface area contributed by atoms with Crippen molar-refractivity contribution in [3.05, 3.63) is 11.5 Å². The van der Waals surface area contributed by atoms with Gasteiger partial charge in [-0.3, -0.25) is 0 Å². The van der Waals surface area contributed by atoms with Gasteiger partial charge in [0.15, 0.2) is 11.9 Å². The minimum atomic E-state index is -1.28. The summed E-state index contributed by atoms with van der Waals surface area (Å²) in [6.07, 6.45) is -2.37. The summed E-state index contributed by atoms with van der Waals surface area (Å²) in [4.78, 5) is 11.6. The highest BCUT2D eigenvalue weighted by Crippen LogP contribution is 2.27. The molecule has 0 spiro atoms. The van der Waals surface area contributed by atoms with Crippen LogP contribution in [0.1, 0.15) is 20.8 Å². The molecule has 7 nitrogen and oxygen atoms in total. The normalized spacial score (nSPS) is 21.4. The number of carbonyl (C=O) groups excluding carboxylic acids is 1. The third-order valence-corrected chi connectivity index (χ3v) is 2.31. The molecule has 3 N–H and O–H groups in total. The van der Waals surface area contributed by atoms with Crippen molar-refractivity contribution in [1.82, 2.24) is 0 Å². The third-order valence-electron chi connectivity index (χ3n) is 2.31. The first-order chi connectivity index (χ1) is 8.80. The average Bonchev–Trinajstić information content (AvgIpc) is 2.62. The van der Waals surface area contributed by atoms with Gasteiger partial charge in [0.1, 0.15) is 12.7 Å². The Morgan fingerprint density at radius 3 is 2.53 bits per heavy atom. The molecule has 1 heterocycles. The lowest BCUT2D eigenvalue weighted by atomic mass is 10.1. The van der Waals surface area contributed by atoms with Crippen molar-refractivity contribution in [3.63, 3.8) is 0 Å². The smallest absolute Gasteiger partial charge is 0.378 e. The number of aliphatic hydroxyl groups is 3. The van der Waals surface area contributed by atoms with Gasteiger partial charge in [-0.15, -0.1) is 0 Å². The number of hydrogen-bond acceptors (Lipinski definition) is 7. The summed E-state index contributed by atoms with van der Waals surface area (Å²) in [6, 6.07) is 0. The molecule has 0 aromatic carbocycles. The largest absolute Gasteiger partial charge is 0.490 e. The van der Waals surface area contributed by atoms with Crippen LogP contribution in [0.2, 0.25) is 0 Å². The molecule has 0 unspecified atom stereocenters. The Morgan fingerprint density at radius 2 is 2.05 bits per heavy atom. The third kappa shape index (κ3) is 4.09. The van der Waals surface area contributed by atoms with Gasteiger partial charge in [0, 0.05) is 0 Å². The Hall–Kier alpha value is -1.31. The molecular weight excluding hydrogens is 256 g/mol. The molecule has 2 atom stereocenters. The molecule has 0 aliphatic carbocycles. The standard InChI is InChI=1S/C12H20O7/c1-4-17-9-8(7(14)5-13)19-11(15)10(9)18-6-12(2,3)16/h7-8,13-14,16H,4-6H2,1-3H3/t7-,8+/m0/s1. The Kier molecular flexibility index (Phi) is 5.16. The zero-order chi connectivity index (χ0) is 14.6. The van der Waals surface area contributed by atoms with Gasteiger partial charge in [-0.2, -0.15) is 0 Å². The van der Waals surface area contributed by atoms with Crippen LogP contribution in [-0.2, 0) is 19.0 Å². The van der Waals surface area contributed by atoms with Crippen molar-refractivity contribution in [2.24, 2.45) is 0 Å². The van der Waals surface area contributed by atoms with E-state index < -0.39 is 30.4 Å². The molecule has 7 heteroatoms. The quantitative estimate of drug-likeness (QED) is 0.528. The molecule has 1 rings (SSSR count). The van der Waals surface area contributed by atoms with Gasteiger partial charge in [0.05, 0.1) is 18.8 Å². The van der Waals surface area contributed by atoms with Crippen LogP contribution in [0.25, 0.3) is 0 Å². The average molecular weight is 276 g/mol. The molecule has 19 heavy (non-hydrogen) atoms. The molecule has 1 aliphatic heterocycles. The second-order valence-corrected chi connectivity index (χ2v) is 4.80. The molecule has 0 saturated heterocycles. The van der Waals surface area contributed by atoms with E-state index in [-0.39, 0.29) is 24.7 Å². The van der Waals surface area contributed by atoms with Crippen LogP contribution < -0.4 is 0 Å². The van der Waals surface area contributed by atoms with Gasteiger partial charge < -0.3 is 29.5 Å². The summed E-state index contributed by atoms with van der Waals surface area (Å²) in [6.45, 7) is 4.29. The first kappa shape index (κ1) is 15.7. The van der Waals surface area contributed by atoms with Crippen molar-refractivity contribution in [2.45, 2.75) is 38.6 Å². The van der Waals surface area contributed by atoms with Crippen molar-refractivity contribution < 1.29 is 34.3 Å². The minimum Gasteiger partial charge on any atom is -0.490 e. The summed E-state index contributed by atoms with van der Waals surface area (Å²) in [5, 5.41) is 28.1. The topological polar surface area (TPSA) is 105 Å². The van der Waals surface area contributed by atoms with Crippen molar-refractivity contribution in [1.29, 1.82) is 0 Å². The lowest BCUT2D eigenvalue weighted by molar-refractivity contribution is -0.149. The summed E-state index contributed by atoms with van der Waals surface area (Å²) < 4.78 is 15.4. The van der Waals surface area contributed by atoms with Crippen LogP contribution in [0.5, 0.6) is 0 Å². The Labute approximate surface area is 111 Å². The van der Waals surface area contributed by atoms with Crippen molar-refractivity contribution >= 4 is 5.97 Å². The zero-order valence-electron chi connectivity index (χ0n) is 11.3. The van der Waals surface area contributed by atoms with E-state index in [1.165, 1.54) is 13.8 Å². The zero-order valence-corrected chi connectivity index (χ0v) is 11.3. The van der Waals surface area contributed by atoms with E-state index in [9.17, 15) is 15.0 Å². The molecule has 0 aromatic rings. The number of carbonyl (C=O) groups is 1.